The molecular formula is C15H12F2N2O. The average Bonchev–Trinajstić information content (AvgIpc) is 2.83. The van der Waals surface area contributed by atoms with Gasteiger partial charge >= 0.3 is 0 Å². The third kappa shape index (κ3) is 2.22. The van der Waals surface area contributed by atoms with Crippen molar-refractivity contribution in [1.29, 1.82) is 0 Å². The minimum atomic E-state index is -0.882. The molecule has 20 heavy (non-hydrogen) atoms. The van der Waals surface area contributed by atoms with E-state index in [2.05, 4.69) is 4.98 Å². The Morgan fingerprint density at radius 1 is 1.10 bits per heavy atom. The van der Waals surface area contributed by atoms with Crippen LogP contribution in [-0.2, 0) is 6.54 Å². The smallest absolute Gasteiger partial charge is 0.161 e. The Morgan fingerprint density at radius 3 is 2.50 bits per heavy atom. The number of ether oxygens (including phenoxy) is 1. The molecule has 0 aliphatic carbocycles. The second-order valence-electron chi connectivity index (χ2n) is 4.48. The zero-order valence-electron chi connectivity index (χ0n) is 10.8. The molecular weight excluding hydrogens is 262 g/mol. The molecule has 2 aromatic carbocycles. The Morgan fingerprint density at radius 2 is 1.80 bits per heavy atom. The van der Waals surface area contributed by atoms with Crippen molar-refractivity contribution in [2.75, 3.05) is 7.11 Å². The van der Waals surface area contributed by atoms with Crippen molar-refractivity contribution >= 4 is 11.0 Å². The van der Waals surface area contributed by atoms with Crippen LogP contribution in [0.2, 0.25) is 0 Å². The van der Waals surface area contributed by atoms with E-state index in [0.717, 1.165) is 17.4 Å². The molecule has 0 N–H and O–H groups in total. The maximum atomic E-state index is 13.3. The van der Waals surface area contributed by atoms with E-state index >= 15 is 0 Å². The fourth-order valence-electron chi connectivity index (χ4n) is 2.11. The molecule has 3 rings (SSSR count). The predicted molar refractivity (Wildman–Crippen MR) is 71.7 cm³/mol. The zero-order chi connectivity index (χ0) is 14.1. The molecule has 1 aromatic heterocycles. The summed E-state index contributed by atoms with van der Waals surface area (Å²) in [7, 11) is 1.61. The summed E-state index contributed by atoms with van der Waals surface area (Å²) in [6, 6.07) is 9.83. The van der Waals surface area contributed by atoms with Crippen molar-refractivity contribution in [1.82, 2.24) is 9.55 Å². The van der Waals surface area contributed by atoms with Crippen LogP contribution in [0.1, 0.15) is 5.56 Å². The number of rotatable bonds is 3. The van der Waals surface area contributed by atoms with E-state index in [4.69, 9.17) is 4.74 Å². The summed E-state index contributed by atoms with van der Waals surface area (Å²) in [5, 5.41) is 0. The standard InChI is InChI=1S/C15H12F2N2O/c1-20-11-4-2-10(3-5-11)8-19-9-18-14-6-12(16)13(17)7-15(14)19/h2-7,9H,8H2,1H3. The van der Waals surface area contributed by atoms with Gasteiger partial charge in [-0.2, -0.15) is 0 Å². The molecule has 0 unspecified atom stereocenters. The molecule has 1 heterocycles. The van der Waals surface area contributed by atoms with Crippen molar-refractivity contribution in [3.63, 3.8) is 0 Å². The monoisotopic (exact) mass is 274 g/mol. The van der Waals surface area contributed by atoms with Crippen molar-refractivity contribution in [3.8, 4) is 5.75 Å². The molecule has 3 nitrogen and oxygen atoms in total. The Labute approximate surface area is 114 Å². The Balaban J connectivity index is 1.95. The van der Waals surface area contributed by atoms with Crippen LogP contribution in [0.15, 0.2) is 42.7 Å². The van der Waals surface area contributed by atoms with Crippen molar-refractivity contribution in [2.24, 2.45) is 0 Å². The summed E-state index contributed by atoms with van der Waals surface area (Å²) in [5.74, 6) is -0.974. The summed E-state index contributed by atoms with van der Waals surface area (Å²) in [6.45, 7) is 0.533. The fourth-order valence-corrected chi connectivity index (χ4v) is 2.11. The van der Waals surface area contributed by atoms with Crippen molar-refractivity contribution in [3.05, 3.63) is 59.9 Å². The lowest BCUT2D eigenvalue weighted by Gasteiger charge is -2.06. The first-order valence-corrected chi connectivity index (χ1v) is 6.10. The van der Waals surface area contributed by atoms with E-state index in [1.54, 1.807) is 18.0 Å². The molecule has 5 heteroatoms. The SMILES string of the molecule is COc1ccc(Cn2cnc3cc(F)c(F)cc32)cc1. The van der Waals surface area contributed by atoms with Gasteiger partial charge < -0.3 is 9.30 Å². The maximum absolute atomic E-state index is 13.3. The fraction of sp³-hybridized carbons (Fsp3) is 0.133. The van der Waals surface area contributed by atoms with Gasteiger partial charge in [-0.15, -0.1) is 0 Å². The molecule has 3 aromatic rings. The number of imidazole rings is 1. The number of fused-ring (bicyclic) bond motifs is 1. The topological polar surface area (TPSA) is 27.1 Å². The van der Waals surface area contributed by atoms with Gasteiger partial charge in [0.15, 0.2) is 11.6 Å². The van der Waals surface area contributed by atoms with Gasteiger partial charge in [0.25, 0.3) is 0 Å². The Kier molecular flexibility index (Phi) is 3.10. The highest BCUT2D eigenvalue weighted by atomic mass is 19.2. The van der Waals surface area contributed by atoms with Gasteiger partial charge in [-0.25, -0.2) is 13.8 Å². The van der Waals surface area contributed by atoms with E-state index in [0.29, 0.717) is 17.6 Å². The highest BCUT2D eigenvalue weighted by Crippen LogP contribution is 2.19. The van der Waals surface area contributed by atoms with Gasteiger partial charge in [0, 0.05) is 18.7 Å². The van der Waals surface area contributed by atoms with Crippen LogP contribution in [0.25, 0.3) is 11.0 Å². The number of halogens is 2. The second kappa shape index (κ2) is 4.92. The lowest BCUT2D eigenvalue weighted by molar-refractivity contribution is 0.414. The van der Waals surface area contributed by atoms with Crippen LogP contribution in [-0.4, -0.2) is 16.7 Å². The predicted octanol–water partition coefficient (Wildman–Crippen LogP) is 3.37. The normalized spacial score (nSPS) is 10.9. The molecule has 0 aliphatic rings. The Hall–Kier alpha value is -2.43. The average molecular weight is 274 g/mol. The molecule has 0 spiro atoms. The van der Waals surface area contributed by atoms with Crippen LogP contribution in [0, 0.1) is 11.6 Å². The van der Waals surface area contributed by atoms with E-state index < -0.39 is 11.6 Å². The number of aromatic nitrogens is 2. The van der Waals surface area contributed by atoms with Crippen LogP contribution < -0.4 is 4.74 Å². The summed E-state index contributed by atoms with van der Waals surface area (Å²) < 4.78 is 33.3. The van der Waals surface area contributed by atoms with Gasteiger partial charge in [0.2, 0.25) is 0 Å². The third-order valence-electron chi connectivity index (χ3n) is 3.18. The molecule has 0 saturated heterocycles. The number of nitrogens with zero attached hydrogens (tertiary/aromatic N) is 2. The molecule has 0 saturated carbocycles. The zero-order valence-corrected chi connectivity index (χ0v) is 10.8. The molecule has 0 aliphatic heterocycles. The van der Waals surface area contributed by atoms with E-state index in [1.165, 1.54) is 6.07 Å². The number of benzene rings is 2. The second-order valence-corrected chi connectivity index (χ2v) is 4.48. The first-order chi connectivity index (χ1) is 9.67. The highest BCUT2D eigenvalue weighted by Gasteiger charge is 2.09. The van der Waals surface area contributed by atoms with Crippen molar-refractivity contribution < 1.29 is 13.5 Å². The van der Waals surface area contributed by atoms with Gasteiger partial charge in [-0.1, -0.05) is 12.1 Å². The lowest BCUT2D eigenvalue weighted by Crippen LogP contribution is -1.98. The summed E-state index contributed by atoms with van der Waals surface area (Å²) in [5.41, 5.74) is 2.03. The van der Waals surface area contributed by atoms with E-state index in [1.807, 2.05) is 24.3 Å². The highest BCUT2D eigenvalue weighted by molar-refractivity contribution is 5.75. The van der Waals surface area contributed by atoms with Gasteiger partial charge in [0.1, 0.15) is 5.75 Å². The first-order valence-electron chi connectivity index (χ1n) is 6.10. The summed E-state index contributed by atoms with van der Waals surface area (Å²) >= 11 is 0. The van der Waals surface area contributed by atoms with Crippen molar-refractivity contribution in [2.45, 2.75) is 6.54 Å². The van der Waals surface area contributed by atoms with E-state index in [-0.39, 0.29) is 0 Å². The van der Waals surface area contributed by atoms with Crippen LogP contribution >= 0.6 is 0 Å². The molecule has 0 atom stereocenters. The van der Waals surface area contributed by atoms with E-state index in [9.17, 15) is 8.78 Å². The van der Waals surface area contributed by atoms with Gasteiger partial charge in [0.05, 0.1) is 24.5 Å². The Bertz CT molecular complexity index is 750. The summed E-state index contributed by atoms with van der Waals surface area (Å²) in [4.78, 5) is 4.08. The number of hydrogen-bond acceptors (Lipinski definition) is 2. The number of hydrogen-bond donors (Lipinski definition) is 0. The lowest BCUT2D eigenvalue weighted by atomic mass is 10.2. The first kappa shape index (κ1) is 12.6. The molecule has 0 amide bonds. The molecule has 0 fully saturated rings. The molecule has 102 valence electrons. The molecule has 0 bridgehead atoms. The van der Waals surface area contributed by atoms with Crippen LogP contribution in [0.3, 0.4) is 0 Å². The largest absolute Gasteiger partial charge is 0.497 e. The third-order valence-corrected chi connectivity index (χ3v) is 3.18. The summed E-state index contributed by atoms with van der Waals surface area (Å²) in [6.07, 6.45) is 1.58. The quantitative estimate of drug-likeness (QED) is 0.732. The number of methoxy groups -OCH3 is 1. The van der Waals surface area contributed by atoms with Gasteiger partial charge in [-0.3, -0.25) is 0 Å². The van der Waals surface area contributed by atoms with Crippen LogP contribution in [0.4, 0.5) is 8.78 Å². The van der Waals surface area contributed by atoms with Crippen LogP contribution in [0.5, 0.6) is 5.75 Å². The molecule has 0 radical (unpaired) electrons. The minimum absolute atomic E-state index is 0.442. The maximum Gasteiger partial charge on any atom is 0.161 e. The van der Waals surface area contributed by atoms with Gasteiger partial charge in [-0.05, 0) is 17.7 Å². The minimum Gasteiger partial charge on any atom is -0.497 e.